The van der Waals surface area contributed by atoms with Crippen LogP contribution in [0.25, 0.3) is 20.4 Å². The number of halogens is 1. The van der Waals surface area contributed by atoms with Gasteiger partial charge in [0.25, 0.3) is 0 Å². The molecule has 6 rings (SSSR count). The van der Waals surface area contributed by atoms with Gasteiger partial charge in [-0.15, -0.1) is 11.3 Å². The maximum absolute atomic E-state index is 5.74. The molecule has 2 aromatic heterocycles. The van der Waals surface area contributed by atoms with Gasteiger partial charge in [0.2, 0.25) is 0 Å². The van der Waals surface area contributed by atoms with Crippen molar-refractivity contribution in [2.24, 2.45) is 0 Å². The number of nitrogens with one attached hydrogen (secondary N) is 1. The lowest BCUT2D eigenvalue weighted by atomic mass is 10.3. The van der Waals surface area contributed by atoms with Gasteiger partial charge >= 0.3 is 0 Å². The zero-order valence-corrected chi connectivity index (χ0v) is 20.5. The monoisotopic (exact) mass is 506 g/mol. The molecule has 4 heterocycles. The molecule has 0 aliphatic carbocycles. The lowest BCUT2D eigenvalue weighted by Crippen LogP contribution is -2.36. The Morgan fingerprint density at radius 3 is 1.97 bits per heavy atom. The first-order chi connectivity index (χ1) is 16.1. The second-order valence-corrected chi connectivity index (χ2v) is 10.0. The number of hydrogen-bond donors (Lipinski definition) is 3. The number of ether oxygens (including phenoxy) is 2. The zero-order chi connectivity index (χ0) is 23.0. The number of thiazole rings is 2. The summed E-state index contributed by atoms with van der Waals surface area (Å²) in [6.07, 6.45) is 0. The Hall–Kier alpha value is -2.21. The van der Waals surface area contributed by atoms with Crippen LogP contribution in [0.4, 0.5) is 16.5 Å². The summed E-state index contributed by atoms with van der Waals surface area (Å²) in [5, 5.41) is 4.23. The van der Waals surface area contributed by atoms with Gasteiger partial charge < -0.3 is 31.2 Å². The number of hydrogen-bond acceptors (Lipinski definition) is 10. The highest BCUT2D eigenvalue weighted by atomic mass is 35.5. The summed E-state index contributed by atoms with van der Waals surface area (Å²) in [5.74, 6) is 0. The number of nitrogens with zero attached hydrogens (tertiary/aromatic N) is 3. The molecule has 0 radical (unpaired) electrons. The Morgan fingerprint density at radius 1 is 0.818 bits per heavy atom. The van der Waals surface area contributed by atoms with Crippen LogP contribution < -0.4 is 21.7 Å². The third-order valence-electron chi connectivity index (χ3n) is 4.91. The van der Waals surface area contributed by atoms with Gasteiger partial charge in [-0.3, -0.25) is 0 Å². The summed E-state index contributed by atoms with van der Waals surface area (Å²) in [7, 11) is 0. The summed E-state index contributed by atoms with van der Waals surface area (Å²) in [5.41, 5.74) is 14.7. The third kappa shape index (κ3) is 6.89. The highest BCUT2D eigenvalue weighted by molar-refractivity contribution is 7.22. The zero-order valence-electron chi connectivity index (χ0n) is 18.1. The lowest BCUT2D eigenvalue weighted by molar-refractivity contribution is 0.109. The van der Waals surface area contributed by atoms with E-state index >= 15 is 0 Å². The minimum absolute atomic E-state index is 0.561. The quantitative estimate of drug-likeness (QED) is 0.334. The van der Waals surface area contributed by atoms with Gasteiger partial charge in [-0.05, 0) is 36.4 Å². The fourth-order valence-corrected chi connectivity index (χ4v) is 5.26. The van der Waals surface area contributed by atoms with Crippen LogP contribution in [-0.2, 0) is 9.47 Å². The maximum atomic E-state index is 5.74. The fraction of sp³-hybridized carbons (Fsp3) is 0.364. The molecule has 2 fully saturated rings. The smallest absolute Gasteiger partial charge is 0.186 e. The van der Waals surface area contributed by atoms with Crippen molar-refractivity contribution < 1.29 is 9.47 Å². The molecule has 0 unspecified atom stereocenters. The lowest BCUT2D eigenvalue weighted by Gasteiger charge is -2.25. The van der Waals surface area contributed by atoms with Crippen molar-refractivity contribution in [3.8, 4) is 0 Å². The molecule has 2 aliphatic rings. The molecule has 2 aliphatic heterocycles. The molecular weight excluding hydrogens is 480 g/mol. The molecule has 0 atom stereocenters. The van der Waals surface area contributed by atoms with Crippen LogP contribution in [0.1, 0.15) is 0 Å². The predicted octanol–water partition coefficient (Wildman–Crippen LogP) is 3.85. The van der Waals surface area contributed by atoms with Gasteiger partial charge in [0.15, 0.2) is 9.60 Å². The maximum Gasteiger partial charge on any atom is 0.186 e. The van der Waals surface area contributed by atoms with Crippen molar-refractivity contribution in [2.75, 3.05) is 69.0 Å². The van der Waals surface area contributed by atoms with Crippen molar-refractivity contribution in [1.29, 1.82) is 0 Å². The molecule has 0 amide bonds. The van der Waals surface area contributed by atoms with E-state index in [9.17, 15) is 0 Å². The fourth-order valence-electron chi connectivity index (χ4n) is 3.25. The number of morpholine rings is 2. The normalized spacial score (nSPS) is 16.1. The number of fused-ring (bicyclic) bond motifs is 2. The Kier molecular flexibility index (Phi) is 8.54. The molecule has 8 nitrogen and oxygen atoms in total. The topological polar surface area (TPSA) is 112 Å². The molecule has 176 valence electrons. The molecule has 2 saturated heterocycles. The van der Waals surface area contributed by atoms with Crippen molar-refractivity contribution in [3.63, 3.8) is 0 Å². The Labute approximate surface area is 205 Å². The first kappa shape index (κ1) is 23.9. The van der Waals surface area contributed by atoms with Crippen LogP contribution in [0, 0.1) is 0 Å². The van der Waals surface area contributed by atoms with Gasteiger partial charge in [0.1, 0.15) is 0 Å². The van der Waals surface area contributed by atoms with E-state index < -0.39 is 0 Å². The van der Waals surface area contributed by atoms with Crippen LogP contribution >= 0.6 is 34.3 Å². The molecule has 2 aromatic carbocycles. The molecule has 0 bridgehead atoms. The Balaban J connectivity index is 0.000000132. The Bertz CT molecular complexity index is 1160. The average molecular weight is 507 g/mol. The van der Waals surface area contributed by atoms with Crippen molar-refractivity contribution >= 4 is 71.2 Å². The highest BCUT2D eigenvalue weighted by Crippen LogP contribution is 2.30. The molecule has 11 heteroatoms. The van der Waals surface area contributed by atoms with Gasteiger partial charge in [-0.1, -0.05) is 22.9 Å². The summed E-state index contributed by atoms with van der Waals surface area (Å²) in [4.78, 5) is 11.0. The van der Waals surface area contributed by atoms with E-state index in [2.05, 4.69) is 20.2 Å². The van der Waals surface area contributed by atoms with E-state index in [4.69, 9.17) is 32.5 Å². The summed E-state index contributed by atoms with van der Waals surface area (Å²) < 4.78 is 13.2. The number of rotatable bonds is 1. The van der Waals surface area contributed by atoms with Crippen LogP contribution in [0.2, 0.25) is 4.47 Å². The van der Waals surface area contributed by atoms with Crippen molar-refractivity contribution in [2.45, 2.75) is 0 Å². The first-order valence-corrected chi connectivity index (χ1v) is 12.7. The number of anilines is 3. The Morgan fingerprint density at radius 2 is 1.39 bits per heavy atom. The molecule has 33 heavy (non-hydrogen) atoms. The highest BCUT2D eigenvalue weighted by Gasteiger charge is 2.15. The first-order valence-electron chi connectivity index (χ1n) is 10.7. The van der Waals surface area contributed by atoms with E-state index in [1.165, 1.54) is 16.0 Å². The van der Waals surface area contributed by atoms with Gasteiger partial charge in [-0.25, -0.2) is 9.97 Å². The molecular formula is C22H27ClN6O2S2. The van der Waals surface area contributed by atoms with E-state index in [-0.39, 0.29) is 0 Å². The van der Waals surface area contributed by atoms with Gasteiger partial charge in [0.05, 0.1) is 46.9 Å². The van der Waals surface area contributed by atoms with Gasteiger partial charge in [-0.2, -0.15) is 0 Å². The van der Waals surface area contributed by atoms with E-state index in [0.29, 0.717) is 4.47 Å². The summed E-state index contributed by atoms with van der Waals surface area (Å²) in [6, 6.07) is 11.5. The number of nitrogens with two attached hydrogens (primary N) is 2. The summed E-state index contributed by atoms with van der Waals surface area (Å²) >= 11 is 8.88. The van der Waals surface area contributed by atoms with E-state index in [1.54, 1.807) is 11.3 Å². The average Bonchev–Trinajstić information content (AvgIpc) is 3.43. The largest absolute Gasteiger partial charge is 0.399 e. The SMILES string of the molecule is C1COCCN1.Nc1ccc2sc(Cl)nc2c1.Nc1ccc2sc(N3CCOCC3)nc2c1. The van der Waals surface area contributed by atoms with Crippen molar-refractivity contribution in [1.82, 2.24) is 15.3 Å². The van der Waals surface area contributed by atoms with E-state index in [0.717, 1.165) is 84.8 Å². The third-order valence-corrected chi connectivity index (χ3v) is 7.15. The second-order valence-electron chi connectivity index (χ2n) is 7.38. The molecule has 0 spiro atoms. The summed E-state index contributed by atoms with van der Waals surface area (Å²) in [6.45, 7) is 7.26. The van der Waals surface area contributed by atoms with E-state index in [1.807, 2.05) is 36.4 Å². The minimum Gasteiger partial charge on any atom is -0.399 e. The molecule has 5 N–H and O–H groups in total. The van der Waals surface area contributed by atoms with Crippen LogP contribution in [0.15, 0.2) is 36.4 Å². The van der Waals surface area contributed by atoms with Crippen LogP contribution in [0.5, 0.6) is 0 Å². The second kappa shape index (κ2) is 11.8. The predicted molar refractivity (Wildman–Crippen MR) is 140 cm³/mol. The number of benzene rings is 2. The van der Waals surface area contributed by atoms with Gasteiger partial charge in [0, 0.05) is 37.6 Å². The standard InChI is InChI=1S/C11H13N3OS.C7H5ClN2S.C4H9NO/c12-8-1-2-10-9(7-8)13-11(16-10)14-3-5-15-6-4-14;8-7-10-5-3-4(9)1-2-6(5)11-7;1-3-6-4-2-5-1/h1-2,7H,3-6,12H2;1-3H,9H2;5H,1-4H2. The van der Waals surface area contributed by atoms with Crippen LogP contribution in [-0.4, -0.2) is 62.6 Å². The number of nitrogen functional groups attached to an aromatic ring is 2. The minimum atomic E-state index is 0.561. The molecule has 4 aromatic rings. The van der Waals surface area contributed by atoms with Crippen LogP contribution in [0.3, 0.4) is 0 Å². The number of aromatic nitrogens is 2. The van der Waals surface area contributed by atoms with Crippen molar-refractivity contribution in [3.05, 3.63) is 40.9 Å². The molecule has 0 saturated carbocycles.